The highest BCUT2D eigenvalue weighted by atomic mass is 32.2. The summed E-state index contributed by atoms with van der Waals surface area (Å²) in [7, 11) is -3.24. The van der Waals surface area contributed by atoms with Gasteiger partial charge in [0.1, 0.15) is 0 Å². The van der Waals surface area contributed by atoms with Gasteiger partial charge < -0.3 is 9.26 Å². The Balaban J connectivity index is 1.26. The molecule has 0 saturated carbocycles. The van der Waals surface area contributed by atoms with Crippen LogP contribution in [0.2, 0.25) is 0 Å². The van der Waals surface area contributed by atoms with Gasteiger partial charge in [-0.2, -0.15) is 4.98 Å². The van der Waals surface area contributed by atoms with E-state index in [0.717, 1.165) is 5.56 Å². The fourth-order valence-corrected chi connectivity index (χ4v) is 4.70. The average molecular weight is 428 g/mol. The van der Waals surface area contributed by atoms with Gasteiger partial charge in [0.15, 0.2) is 0 Å². The van der Waals surface area contributed by atoms with E-state index >= 15 is 0 Å². The van der Waals surface area contributed by atoms with Crippen LogP contribution in [0, 0.1) is 0 Å². The molecule has 30 heavy (non-hydrogen) atoms. The van der Waals surface area contributed by atoms with Crippen molar-refractivity contribution in [2.24, 2.45) is 0 Å². The van der Waals surface area contributed by atoms with Gasteiger partial charge >= 0.3 is 5.97 Å². The second kappa shape index (κ2) is 8.62. The minimum absolute atomic E-state index is 0.153. The maximum atomic E-state index is 12.2. The van der Waals surface area contributed by atoms with Gasteiger partial charge in [-0.1, -0.05) is 5.16 Å². The van der Waals surface area contributed by atoms with E-state index in [1.165, 1.54) is 4.31 Å². The van der Waals surface area contributed by atoms with Gasteiger partial charge in [-0.3, -0.25) is 9.29 Å². The second-order valence-corrected chi connectivity index (χ2v) is 8.79. The molecule has 3 aromatic rings. The minimum atomic E-state index is -3.24. The van der Waals surface area contributed by atoms with Crippen LogP contribution in [0.3, 0.4) is 0 Å². The summed E-state index contributed by atoms with van der Waals surface area (Å²) in [5, 5.41) is 3.92. The Morgan fingerprint density at radius 3 is 2.73 bits per heavy atom. The molecule has 0 atom stereocenters. The third-order valence-electron chi connectivity index (χ3n) is 4.65. The van der Waals surface area contributed by atoms with Gasteiger partial charge in [0, 0.05) is 30.9 Å². The molecule has 1 aliphatic heterocycles. The number of esters is 1. The van der Waals surface area contributed by atoms with Crippen LogP contribution in [0.1, 0.15) is 29.1 Å². The zero-order valence-corrected chi connectivity index (χ0v) is 16.9. The first-order valence-electron chi connectivity index (χ1n) is 9.53. The molecule has 1 fully saturated rings. The van der Waals surface area contributed by atoms with Crippen LogP contribution < -0.4 is 4.31 Å². The molecule has 1 aromatic carbocycles. The molecule has 4 rings (SSSR count). The number of ether oxygens (including phenoxy) is 1. The normalized spacial score (nSPS) is 15.3. The van der Waals surface area contributed by atoms with E-state index in [1.54, 1.807) is 42.7 Å². The molecule has 0 spiro atoms. The standard InChI is InChI=1S/C20H20N4O5S/c25-20(15-6-8-17(9-7-15)24-11-3-13-30(24,26)27)28-12-2-5-18-22-19(23-29-18)16-4-1-10-21-14-16/h1,4,6-10,14H,2-3,5,11-13H2. The predicted molar refractivity (Wildman–Crippen MR) is 108 cm³/mol. The SMILES string of the molecule is O=C(OCCCc1nc(-c2cccnc2)no1)c1ccc(N2CCCS2(=O)=O)cc1. The van der Waals surface area contributed by atoms with Crippen LogP contribution in [0.4, 0.5) is 5.69 Å². The van der Waals surface area contributed by atoms with Crippen LogP contribution in [-0.2, 0) is 21.2 Å². The molecule has 0 unspecified atom stereocenters. The molecule has 10 heteroatoms. The van der Waals surface area contributed by atoms with Gasteiger partial charge in [0.05, 0.1) is 23.6 Å². The number of carbonyl (C=O) groups excluding carboxylic acids is 1. The lowest BCUT2D eigenvalue weighted by molar-refractivity contribution is 0.0498. The van der Waals surface area contributed by atoms with Crippen LogP contribution in [-0.4, -0.2) is 48.4 Å². The number of carbonyl (C=O) groups is 1. The van der Waals surface area contributed by atoms with Gasteiger partial charge in [-0.05, 0) is 49.2 Å². The van der Waals surface area contributed by atoms with Crippen molar-refractivity contribution in [3.63, 3.8) is 0 Å². The zero-order valence-electron chi connectivity index (χ0n) is 16.1. The lowest BCUT2D eigenvalue weighted by atomic mass is 10.2. The number of sulfonamides is 1. The van der Waals surface area contributed by atoms with Crippen molar-refractivity contribution in [1.82, 2.24) is 15.1 Å². The van der Waals surface area contributed by atoms with E-state index in [9.17, 15) is 13.2 Å². The van der Waals surface area contributed by atoms with E-state index in [2.05, 4.69) is 15.1 Å². The summed E-state index contributed by atoms with van der Waals surface area (Å²) in [4.78, 5) is 20.5. The molecule has 0 bridgehead atoms. The lowest BCUT2D eigenvalue weighted by Crippen LogP contribution is -2.25. The van der Waals surface area contributed by atoms with Crippen molar-refractivity contribution in [2.75, 3.05) is 23.2 Å². The summed E-state index contributed by atoms with van der Waals surface area (Å²) in [6, 6.07) is 10.0. The molecule has 9 nitrogen and oxygen atoms in total. The summed E-state index contributed by atoms with van der Waals surface area (Å²) in [6.45, 7) is 0.663. The summed E-state index contributed by atoms with van der Waals surface area (Å²) in [5.74, 6) is 0.615. The first kappa shape index (κ1) is 20.0. The van der Waals surface area contributed by atoms with Crippen LogP contribution in [0.15, 0.2) is 53.3 Å². The Morgan fingerprint density at radius 1 is 1.20 bits per heavy atom. The second-order valence-electron chi connectivity index (χ2n) is 6.78. The number of aromatic nitrogens is 3. The summed E-state index contributed by atoms with van der Waals surface area (Å²) >= 11 is 0. The highest BCUT2D eigenvalue weighted by molar-refractivity contribution is 7.93. The van der Waals surface area contributed by atoms with E-state index in [-0.39, 0.29) is 12.4 Å². The number of aryl methyl sites for hydroxylation is 1. The fourth-order valence-electron chi connectivity index (χ4n) is 3.13. The fraction of sp³-hybridized carbons (Fsp3) is 0.300. The quantitative estimate of drug-likeness (QED) is 0.416. The minimum Gasteiger partial charge on any atom is -0.462 e. The number of hydrogen-bond acceptors (Lipinski definition) is 8. The van der Waals surface area contributed by atoms with E-state index in [1.807, 2.05) is 6.07 Å². The molecular formula is C20H20N4O5S. The number of pyridine rings is 1. The number of benzene rings is 1. The number of hydrogen-bond donors (Lipinski definition) is 0. The number of rotatable bonds is 7. The summed E-state index contributed by atoms with van der Waals surface area (Å²) < 4.78 is 35.8. The van der Waals surface area contributed by atoms with Crippen molar-refractivity contribution < 1.29 is 22.5 Å². The summed E-state index contributed by atoms with van der Waals surface area (Å²) in [6.07, 6.45) is 4.94. The zero-order chi connectivity index (χ0) is 21.0. The Labute approximate surface area is 173 Å². The average Bonchev–Trinajstić information content (AvgIpc) is 3.38. The van der Waals surface area contributed by atoms with Gasteiger partial charge in [-0.25, -0.2) is 13.2 Å². The van der Waals surface area contributed by atoms with E-state index in [4.69, 9.17) is 9.26 Å². The molecule has 1 saturated heterocycles. The molecule has 3 heterocycles. The molecule has 0 N–H and O–H groups in total. The van der Waals surface area contributed by atoms with Crippen LogP contribution >= 0.6 is 0 Å². The van der Waals surface area contributed by atoms with Crippen LogP contribution in [0.5, 0.6) is 0 Å². The molecule has 0 amide bonds. The maximum Gasteiger partial charge on any atom is 0.338 e. The monoisotopic (exact) mass is 428 g/mol. The molecule has 2 aromatic heterocycles. The Kier molecular flexibility index (Phi) is 5.75. The van der Waals surface area contributed by atoms with Crippen molar-refractivity contribution in [3.8, 4) is 11.4 Å². The van der Waals surface area contributed by atoms with Gasteiger partial charge in [0.25, 0.3) is 0 Å². The van der Waals surface area contributed by atoms with Crippen molar-refractivity contribution in [2.45, 2.75) is 19.3 Å². The maximum absolute atomic E-state index is 12.2. The molecule has 156 valence electrons. The molecule has 0 aliphatic carbocycles. The Hall–Kier alpha value is -3.27. The Bertz CT molecular complexity index is 1110. The Morgan fingerprint density at radius 2 is 2.03 bits per heavy atom. The van der Waals surface area contributed by atoms with Gasteiger partial charge in [0.2, 0.25) is 21.7 Å². The van der Waals surface area contributed by atoms with Crippen molar-refractivity contribution >= 4 is 21.7 Å². The highest BCUT2D eigenvalue weighted by Crippen LogP contribution is 2.24. The third-order valence-corrected chi connectivity index (χ3v) is 6.52. The molecule has 0 radical (unpaired) electrons. The largest absolute Gasteiger partial charge is 0.462 e. The van der Waals surface area contributed by atoms with Crippen molar-refractivity contribution in [3.05, 3.63) is 60.2 Å². The van der Waals surface area contributed by atoms with E-state index < -0.39 is 16.0 Å². The predicted octanol–water partition coefficient (Wildman–Crippen LogP) is 2.46. The third kappa shape index (κ3) is 4.48. The molecular weight excluding hydrogens is 408 g/mol. The first-order valence-corrected chi connectivity index (χ1v) is 11.1. The lowest BCUT2D eigenvalue weighted by Gasteiger charge is -2.16. The number of anilines is 1. The first-order chi connectivity index (χ1) is 14.5. The van der Waals surface area contributed by atoms with E-state index in [0.29, 0.717) is 48.8 Å². The highest BCUT2D eigenvalue weighted by Gasteiger charge is 2.28. The summed E-state index contributed by atoms with van der Waals surface area (Å²) in [5.41, 5.74) is 1.70. The number of nitrogens with zero attached hydrogens (tertiary/aromatic N) is 4. The van der Waals surface area contributed by atoms with Crippen molar-refractivity contribution in [1.29, 1.82) is 0 Å². The van der Waals surface area contributed by atoms with Crippen LogP contribution in [0.25, 0.3) is 11.4 Å². The smallest absolute Gasteiger partial charge is 0.338 e. The molecule has 1 aliphatic rings. The van der Waals surface area contributed by atoms with Gasteiger partial charge in [-0.15, -0.1) is 0 Å². The topological polar surface area (TPSA) is 115 Å².